The maximum absolute atomic E-state index is 12.6. The van der Waals surface area contributed by atoms with E-state index in [9.17, 15) is 18.0 Å². The Hall–Kier alpha value is -2.24. The van der Waals surface area contributed by atoms with E-state index in [-0.39, 0.29) is 27.7 Å². The molecule has 1 amide bonds. The molecule has 0 radical (unpaired) electrons. The average Bonchev–Trinajstić information content (AvgIpc) is 3.17. The number of carbonyl (C=O) groups is 2. The zero-order valence-corrected chi connectivity index (χ0v) is 18.8. The highest BCUT2D eigenvalue weighted by Crippen LogP contribution is 2.26. The van der Waals surface area contributed by atoms with Gasteiger partial charge in [-0.15, -0.1) is 0 Å². The van der Waals surface area contributed by atoms with Gasteiger partial charge in [-0.25, -0.2) is 8.42 Å². The van der Waals surface area contributed by atoms with E-state index in [1.165, 1.54) is 6.07 Å². The smallest absolute Gasteiger partial charge is 0.309 e. The molecule has 1 aliphatic heterocycles. The normalized spacial score (nSPS) is 15.1. The van der Waals surface area contributed by atoms with Crippen LogP contribution in [0.15, 0.2) is 23.1 Å². The number of ether oxygens (including phenoxy) is 1. The number of piperidine rings is 1. The highest BCUT2D eigenvalue weighted by Gasteiger charge is 2.30. The predicted octanol–water partition coefficient (Wildman–Crippen LogP) is 2.72. The quantitative estimate of drug-likeness (QED) is 0.642. The maximum atomic E-state index is 12.6. The number of sulfonamides is 1. The SMILES string of the molecule is CCOC(=O)C1CCN(C(=O)c2nsc(NS(=O)(=O)c3cccc(Cl)c3C)n2)CC1. The van der Waals surface area contributed by atoms with Crippen molar-refractivity contribution in [1.29, 1.82) is 0 Å². The molecule has 2 aromatic rings. The maximum Gasteiger partial charge on any atom is 0.309 e. The first kappa shape index (κ1) is 22.4. The van der Waals surface area contributed by atoms with Crippen LogP contribution in [0.1, 0.15) is 35.9 Å². The van der Waals surface area contributed by atoms with Crippen molar-refractivity contribution in [1.82, 2.24) is 14.3 Å². The van der Waals surface area contributed by atoms with Crippen molar-refractivity contribution in [2.45, 2.75) is 31.6 Å². The molecule has 0 spiro atoms. The van der Waals surface area contributed by atoms with Crippen molar-refractivity contribution in [2.75, 3.05) is 24.4 Å². The van der Waals surface area contributed by atoms with E-state index in [0.717, 1.165) is 11.5 Å². The third kappa shape index (κ3) is 4.90. The largest absolute Gasteiger partial charge is 0.466 e. The molecule has 12 heteroatoms. The molecule has 162 valence electrons. The van der Waals surface area contributed by atoms with E-state index in [4.69, 9.17) is 16.3 Å². The Morgan fingerprint density at radius 1 is 1.33 bits per heavy atom. The molecule has 0 atom stereocenters. The predicted molar refractivity (Wildman–Crippen MR) is 112 cm³/mol. The highest BCUT2D eigenvalue weighted by atomic mass is 35.5. The van der Waals surface area contributed by atoms with Crippen LogP contribution in [0.3, 0.4) is 0 Å². The zero-order chi connectivity index (χ0) is 21.9. The van der Waals surface area contributed by atoms with Crippen molar-refractivity contribution in [2.24, 2.45) is 5.92 Å². The second-order valence-corrected chi connectivity index (χ2v) is 9.52. The third-order valence-corrected chi connectivity index (χ3v) is 7.40. The van der Waals surface area contributed by atoms with Gasteiger partial charge < -0.3 is 9.64 Å². The lowest BCUT2D eigenvalue weighted by Crippen LogP contribution is -2.41. The van der Waals surface area contributed by atoms with Crippen LogP contribution in [0.4, 0.5) is 5.13 Å². The van der Waals surface area contributed by atoms with Gasteiger partial charge in [-0.2, -0.15) is 9.36 Å². The average molecular weight is 473 g/mol. The number of amides is 1. The zero-order valence-electron chi connectivity index (χ0n) is 16.4. The van der Waals surface area contributed by atoms with Gasteiger partial charge in [-0.1, -0.05) is 17.7 Å². The lowest BCUT2D eigenvalue weighted by molar-refractivity contribution is -0.149. The summed E-state index contributed by atoms with van der Waals surface area (Å²) in [6.45, 7) is 4.44. The number of hydrogen-bond acceptors (Lipinski definition) is 8. The molecular formula is C18H21ClN4O5S2. The van der Waals surface area contributed by atoms with Gasteiger partial charge in [0.2, 0.25) is 11.0 Å². The standard InChI is InChI=1S/C18H21ClN4O5S2/c1-3-28-17(25)12-7-9-23(10-8-12)16(24)15-20-18(29-21-15)22-30(26,27)14-6-4-5-13(19)11(14)2/h4-6,12H,3,7-10H2,1-2H3,(H,20,21,22). The van der Waals surface area contributed by atoms with Gasteiger partial charge in [-0.3, -0.25) is 14.3 Å². The van der Waals surface area contributed by atoms with E-state index in [1.807, 2.05) is 0 Å². The van der Waals surface area contributed by atoms with Gasteiger partial charge in [0.05, 0.1) is 17.4 Å². The van der Waals surface area contributed by atoms with Crippen LogP contribution in [0, 0.1) is 12.8 Å². The summed E-state index contributed by atoms with van der Waals surface area (Å²) in [5, 5.41) is 0.316. The summed E-state index contributed by atoms with van der Waals surface area (Å²) in [6, 6.07) is 4.58. The molecular weight excluding hydrogens is 452 g/mol. The number of aromatic nitrogens is 2. The van der Waals surface area contributed by atoms with Crippen LogP contribution in [-0.4, -0.2) is 54.2 Å². The summed E-state index contributed by atoms with van der Waals surface area (Å²) in [6.07, 6.45) is 1.00. The number of likely N-dealkylation sites (tertiary alicyclic amines) is 1. The minimum absolute atomic E-state index is 0.0147. The minimum atomic E-state index is -3.93. The minimum Gasteiger partial charge on any atom is -0.466 e. The van der Waals surface area contributed by atoms with Gasteiger partial charge in [-0.05, 0) is 44.4 Å². The van der Waals surface area contributed by atoms with Gasteiger partial charge in [0.1, 0.15) is 0 Å². The Morgan fingerprint density at radius 3 is 2.70 bits per heavy atom. The van der Waals surface area contributed by atoms with Crippen molar-refractivity contribution >= 4 is 50.2 Å². The molecule has 0 unspecified atom stereocenters. The fraction of sp³-hybridized carbons (Fsp3) is 0.444. The molecule has 9 nitrogen and oxygen atoms in total. The molecule has 1 aromatic heterocycles. The first-order valence-corrected chi connectivity index (χ1v) is 11.9. The Labute approximate surface area is 183 Å². The number of rotatable bonds is 6. The Bertz CT molecular complexity index is 1050. The van der Waals surface area contributed by atoms with Gasteiger partial charge in [0, 0.05) is 29.6 Å². The summed E-state index contributed by atoms with van der Waals surface area (Å²) < 4.78 is 36.6. The van der Waals surface area contributed by atoms with Crippen LogP contribution in [0.25, 0.3) is 0 Å². The molecule has 30 heavy (non-hydrogen) atoms. The molecule has 1 fully saturated rings. The number of benzene rings is 1. The van der Waals surface area contributed by atoms with Crippen LogP contribution in [-0.2, 0) is 19.6 Å². The molecule has 0 aliphatic carbocycles. The van der Waals surface area contributed by atoms with Crippen molar-refractivity contribution in [3.05, 3.63) is 34.6 Å². The Balaban J connectivity index is 1.66. The topological polar surface area (TPSA) is 119 Å². The van der Waals surface area contributed by atoms with Crippen LogP contribution < -0.4 is 4.72 Å². The van der Waals surface area contributed by atoms with Gasteiger partial charge in [0.15, 0.2) is 0 Å². The van der Waals surface area contributed by atoms with Crippen molar-refractivity contribution < 1.29 is 22.7 Å². The Morgan fingerprint density at radius 2 is 2.03 bits per heavy atom. The number of nitrogens with one attached hydrogen (secondary N) is 1. The second kappa shape index (κ2) is 9.27. The summed E-state index contributed by atoms with van der Waals surface area (Å²) in [5.74, 6) is -0.960. The molecule has 2 heterocycles. The molecule has 0 saturated carbocycles. The molecule has 1 N–H and O–H groups in total. The fourth-order valence-electron chi connectivity index (χ4n) is 3.12. The number of halogens is 1. The summed E-state index contributed by atoms with van der Waals surface area (Å²) in [5.41, 5.74) is 0.414. The third-order valence-electron chi connectivity index (χ3n) is 4.75. The Kier molecular flexibility index (Phi) is 6.94. The van der Waals surface area contributed by atoms with Crippen LogP contribution >= 0.6 is 23.1 Å². The molecule has 1 aromatic carbocycles. The van der Waals surface area contributed by atoms with E-state index < -0.39 is 15.9 Å². The number of carbonyl (C=O) groups excluding carboxylic acids is 2. The van der Waals surface area contributed by atoms with Gasteiger partial charge in [0.25, 0.3) is 15.9 Å². The second-order valence-electron chi connectivity index (χ2n) is 6.71. The summed E-state index contributed by atoms with van der Waals surface area (Å²) >= 11 is 6.78. The molecule has 1 saturated heterocycles. The fourth-order valence-corrected chi connectivity index (χ4v) is 5.40. The highest BCUT2D eigenvalue weighted by molar-refractivity contribution is 7.93. The number of anilines is 1. The van der Waals surface area contributed by atoms with E-state index in [0.29, 0.717) is 43.1 Å². The number of hydrogen-bond donors (Lipinski definition) is 1. The number of esters is 1. The van der Waals surface area contributed by atoms with Crippen LogP contribution in [0.5, 0.6) is 0 Å². The summed E-state index contributed by atoms with van der Waals surface area (Å²) in [7, 11) is -3.93. The van der Waals surface area contributed by atoms with Crippen LogP contribution in [0.2, 0.25) is 5.02 Å². The van der Waals surface area contributed by atoms with E-state index in [1.54, 1.807) is 30.9 Å². The molecule has 0 bridgehead atoms. The molecule has 3 rings (SSSR count). The molecule has 1 aliphatic rings. The monoisotopic (exact) mass is 472 g/mol. The van der Waals surface area contributed by atoms with Gasteiger partial charge >= 0.3 is 5.97 Å². The summed E-state index contributed by atoms with van der Waals surface area (Å²) in [4.78, 5) is 30.1. The van der Waals surface area contributed by atoms with Crippen molar-refractivity contribution in [3.63, 3.8) is 0 Å². The lowest BCUT2D eigenvalue weighted by atomic mass is 9.97. The lowest BCUT2D eigenvalue weighted by Gasteiger charge is -2.30. The first-order valence-electron chi connectivity index (χ1n) is 9.30. The van der Waals surface area contributed by atoms with E-state index in [2.05, 4.69) is 14.1 Å². The van der Waals surface area contributed by atoms with Crippen molar-refractivity contribution in [3.8, 4) is 0 Å². The number of nitrogens with zero attached hydrogens (tertiary/aromatic N) is 3. The first-order chi connectivity index (χ1) is 14.2. The van der Waals surface area contributed by atoms with E-state index >= 15 is 0 Å².